The van der Waals surface area contributed by atoms with Crippen molar-refractivity contribution < 1.29 is 14.3 Å². The van der Waals surface area contributed by atoms with Gasteiger partial charge in [-0.05, 0) is 6.07 Å². The van der Waals surface area contributed by atoms with Crippen LogP contribution in [0.4, 0.5) is 4.39 Å². The van der Waals surface area contributed by atoms with Crippen LogP contribution in [0.25, 0.3) is 0 Å². The number of primary amides is 1. The number of halogens is 1. The Labute approximate surface area is 68.6 Å². The van der Waals surface area contributed by atoms with E-state index in [1.807, 2.05) is 0 Å². The molecule has 1 aromatic carbocycles. The van der Waals surface area contributed by atoms with Gasteiger partial charge in [-0.3, -0.25) is 4.79 Å². The Kier molecular flexibility index (Phi) is 2.40. The van der Waals surface area contributed by atoms with Crippen LogP contribution in [-0.2, 0) is 4.79 Å². The quantitative estimate of drug-likeness (QED) is 0.670. The lowest BCUT2D eigenvalue weighted by molar-refractivity contribution is -0.126. The molecule has 64 valence electrons. The molecule has 0 aromatic heterocycles. The molecule has 0 fully saturated rings. The summed E-state index contributed by atoms with van der Waals surface area (Å²) >= 11 is 0. The van der Waals surface area contributed by atoms with Gasteiger partial charge in [0.25, 0.3) is 5.91 Å². The molecule has 0 heterocycles. The van der Waals surface area contributed by atoms with E-state index in [9.17, 15) is 9.18 Å². The molecule has 0 spiro atoms. The summed E-state index contributed by atoms with van der Waals surface area (Å²) in [5.41, 5.74) is 4.69. The minimum Gasteiger partial charge on any atom is -0.378 e. The first-order valence-corrected chi connectivity index (χ1v) is 3.34. The normalized spacial score (nSPS) is 12.5. The topological polar surface area (TPSA) is 63.3 Å². The highest BCUT2D eigenvalue weighted by atomic mass is 19.1. The predicted molar refractivity (Wildman–Crippen MR) is 40.6 cm³/mol. The van der Waals surface area contributed by atoms with E-state index >= 15 is 0 Å². The maximum atomic E-state index is 12.8. The summed E-state index contributed by atoms with van der Waals surface area (Å²) in [6, 6.07) is 5.45. The highest BCUT2D eigenvalue weighted by Crippen LogP contribution is 2.15. The van der Waals surface area contributed by atoms with E-state index in [0.717, 1.165) is 6.07 Å². The number of carbonyl (C=O) groups is 1. The van der Waals surface area contributed by atoms with Gasteiger partial charge in [0, 0.05) is 5.56 Å². The molecule has 1 aromatic rings. The second-order valence-electron chi connectivity index (χ2n) is 2.33. The van der Waals surface area contributed by atoms with Crippen molar-refractivity contribution in [2.45, 2.75) is 6.10 Å². The minimum absolute atomic E-state index is 0.0926. The first-order valence-electron chi connectivity index (χ1n) is 3.34. The molecule has 1 rings (SSSR count). The Morgan fingerprint density at radius 3 is 2.58 bits per heavy atom. The van der Waals surface area contributed by atoms with Gasteiger partial charge in [0.2, 0.25) is 0 Å². The van der Waals surface area contributed by atoms with Gasteiger partial charge in [-0.15, -0.1) is 0 Å². The average Bonchev–Trinajstić information content (AvgIpc) is 2.04. The van der Waals surface area contributed by atoms with E-state index < -0.39 is 17.8 Å². The summed E-state index contributed by atoms with van der Waals surface area (Å²) in [5, 5.41) is 9.06. The molecule has 0 aliphatic rings. The molecule has 0 saturated carbocycles. The Hall–Kier alpha value is -1.42. The summed E-state index contributed by atoms with van der Waals surface area (Å²) in [6.45, 7) is 0. The van der Waals surface area contributed by atoms with Gasteiger partial charge < -0.3 is 10.8 Å². The monoisotopic (exact) mass is 169 g/mol. The molecule has 4 heteroatoms. The molecular weight excluding hydrogens is 161 g/mol. The number of hydrogen-bond donors (Lipinski definition) is 2. The number of aliphatic hydroxyl groups is 1. The van der Waals surface area contributed by atoms with Gasteiger partial charge in [-0.2, -0.15) is 0 Å². The van der Waals surface area contributed by atoms with Crippen molar-refractivity contribution in [1.29, 1.82) is 0 Å². The van der Waals surface area contributed by atoms with Crippen LogP contribution < -0.4 is 5.73 Å². The molecule has 0 radical (unpaired) electrons. The van der Waals surface area contributed by atoms with Gasteiger partial charge >= 0.3 is 0 Å². The Balaban J connectivity index is 3.02. The summed E-state index contributed by atoms with van der Waals surface area (Å²) in [5.74, 6) is -1.59. The maximum Gasteiger partial charge on any atom is 0.251 e. The van der Waals surface area contributed by atoms with E-state index in [4.69, 9.17) is 10.8 Å². The zero-order valence-electron chi connectivity index (χ0n) is 6.20. The number of amides is 1. The third-order valence-electron chi connectivity index (χ3n) is 1.47. The van der Waals surface area contributed by atoms with Crippen LogP contribution in [0.15, 0.2) is 24.3 Å². The van der Waals surface area contributed by atoms with E-state index in [-0.39, 0.29) is 5.56 Å². The lowest BCUT2D eigenvalue weighted by atomic mass is 10.1. The fourth-order valence-corrected chi connectivity index (χ4v) is 0.850. The Bertz CT molecular complexity index is 301. The van der Waals surface area contributed by atoms with Crippen LogP contribution in [0.3, 0.4) is 0 Å². The number of carbonyl (C=O) groups excluding carboxylic acids is 1. The maximum absolute atomic E-state index is 12.8. The van der Waals surface area contributed by atoms with Crippen molar-refractivity contribution in [2.75, 3.05) is 0 Å². The zero-order chi connectivity index (χ0) is 9.14. The van der Waals surface area contributed by atoms with E-state index in [2.05, 4.69) is 0 Å². The minimum atomic E-state index is -1.56. The number of aliphatic hydroxyl groups excluding tert-OH is 1. The Morgan fingerprint density at radius 1 is 1.50 bits per heavy atom. The number of rotatable bonds is 2. The summed E-state index contributed by atoms with van der Waals surface area (Å²) < 4.78 is 12.8. The zero-order valence-corrected chi connectivity index (χ0v) is 6.20. The molecule has 3 nitrogen and oxygen atoms in total. The van der Waals surface area contributed by atoms with Gasteiger partial charge in [-0.1, -0.05) is 18.2 Å². The van der Waals surface area contributed by atoms with E-state index in [1.165, 1.54) is 18.2 Å². The van der Waals surface area contributed by atoms with Crippen molar-refractivity contribution in [3.63, 3.8) is 0 Å². The van der Waals surface area contributed by atoms with E-state index in [0.29, 0.717) is 0 Å². The van der Waals surface area contributed by atoms with Crippen LogP contribution >= 0.6 is 0 Å². The summed E-state index contributed by atoms with van der Waals surface area (Å²) in [4.78, 5) is 10.5. The van der Waals surface area contributed by atoms with Gasteiger partial charge in [0.05, 0.1) is 0 Å². The fraction of sp³-hybridized carbons (Fsp3) is 0.125. The van der Waals surface area contributed by atoms with Crippen molar-refractivity contribution in [3.8, 4) is 0 Å². The molecule has 12 heavy (non-hydrogen) atoms. The number of hydrogen-bond acceptors (Lipinski definition) is 2. The first-order chi connectivity index (χ1) is 5.63. The first kappa shape index (κ1) is 8.67. The molecule has 0 saturated heterocycles. The standard InChI is InChI=1S/C8H8FNO2/c9-6-4-2-1-3-5(6)7(11)8(10)12/h1-4,7,11H,(H2,10,12). The summed E-state index contributed by atoms with van der Waals surface area (Å²) in [7, 11) is 0. The largest absolute Gasteiger partial charge is 0.378 e. The van der Waals surface area contributed by atoms with Crippen LogP contribution in [0.2, 0.25) is 0 Å². The number of benzene rings is 1. The highest BCUT2D eigenvalue weighted by molar-refractivity contribution is 5.80. The van der Waals surface area contributed by atoms with Crippen molar-refractivity contribution in [2.24, 2.45) is 5.73 Å². The fourth-order valence-electron chi connectivity index (χ4n) is 0.850. The number of nitrogens with two attached hydrogens (primary N) is 1. The lowest BCUT2D eigenvalue weighted by Crippen LogP contribution is -2.21. The van der Waals surface area contributed by atoms with Gasteiger partial charge in [-0.25, -0.2) is 4.39 Å². The van der Waals surface area contributed by atoms with Crippen molar-refractivity contribution >= 4 is 5.91 Å². The second kappa shape index (κ2) is 3.32. The molecule has 0 bridgehead atoms. The molecule has 0 aliphatic heterocycles. The second-order valence-corrected chi connectivity index (χ2v) is 2.33. The van der Waals surface area contributed by atoms with E-state index in [1.54, 1.807) is 0 Å². The van der Waals surface area contributed by atoms with Crippen LogP contribution in [0.1, 0.15) is 11.7 Å². The third kappa shape index (κ3) is 1.60. The van der Waals surface area contributed by atoms with Crippen molar-refractivity contribution in [3.05, 3.63) is 35.6 Å². The molecule has 1 amide bonds. The molecule has 3 N–H and O–H groups in total. The third-order valence-corrected chi connectivity index (χ3v) is 1.47. The van der Waals surface area contributed by atoms with Gasteiger partial charge in [0.15, 0.2) is 6.10 Å². The average molecular weight is 169 g/mol. The van der Waals surface area contributed by atoms with Crippen LogP contribution in [-0.4, -0.2) is 11.0 Å². The molecule has 1 atom stereocenters. The SMILES string of the molecule is NC(=O)C(O)c1ccccc1F. The highest BCUT2D eigenvalue weighted by Gasteiger charge is 2.16. The molecule has 0 aliphatic carbocycles. The smallest absolute Gasteiger partial charge is 0.251 e. The Morgan fingerprint density at radius 2 is 2.08 bits per heavy atom. The lowest BCUT2D eigenvalue weighted by Gasteiger charge is -2.06. The van der Waals surface area contributed by atoms with Gasteiger partial charge in [0.1, 0.15) is 5.82 Å². The molecule has 1 unspecified atom stereocenters. The van der Waals surface area contributed by atoms with Crippen LogP contribution in [0.5, 0.6) is 0 Å². The predicted octanol–water partition coefficient (Wildman–Crippen LogP) is 0.344. The summed E-state index contributed by atoms with van der Waals surface area (Å²) in [6.07, 6.45) is -1.56. The van der Waals surface area contributed by atoms with Crippen molar-refractivity contribution in [1.82, 2.24) is 0 Å². The molecular formula is C8H8FNO2. The van der Waals surface area contributed by atoms with Crippen LogP contribution in [0, 0.1) is 5.82 Å².